The van der Waals surface area contributed by atoms with Gasteiger partial charge < -0.3 is 5.32 Å². The molecule has 2 nitrogen and oxygen atoms in total. The highest BCUT2D eigenvalue weighted by Gasteiger charge is 2.20. The van der Waals surface area contributed by atoms with Gasteiger partial charge in [0, 0.05) is 17.6 Å². The van der Waals surface area contributed by atoms with E-state index in [1.807, 2.05) is 6.20 Å². The average Bonchev–Trinajstić information content (AvgIpc) is 2.48. The van der Waals surface area contributed by atoms with Crippen LogP contribution in [0.5, 0.6) is 0 Å². The Hall–Kier alpha value is -1.57. The van der Waals surface area contributed by atoms with E-state index in [0.717, 1.165) is 11.7 Å². The number of pyridine rings is 1. The van der Waals surface area contributed by atoms with Crippen molar-refractivity contribution in [3.63, 3.8) is 0 Å². The van der Waals surface area contributed by atoms with Crippen LogP contribution in [0, 0.1) is 5.92 Å². The molecule has 1 fully saturated rings. The van der Waals surface area contributed by atoms with Gasteiger partial charge in [-0.1, -0.05) is 37.6 Å². The maximum atomic E-state index is 4.53. The highest BCUT2D eigenvalue weighted by Crippen LogP contribution is 2.29. The third kappa shape index (κ3) is 2.73. The van der Waals surface area contributed by atoms with E-state index in [2.05, 4.69) is 47.6 Å². The molecule has 0 atom stereocenters. The van der Waals surface area contributed by atoms with Gasteiger partial charge in [0.15, 0.2) is 0 Å². The maximum absolute atomic E-state index is 4.53. The van der Waals surface area contributed by atoms with Crippen molar-refractivity contribution >= 4 is 16.6 Å². The summed E-state index contributed by atoms with van der Waals surface area (Å²) >= 11 is 0. The van der Waals surface area contributed by atoms with E-state index in [4.69, 9.17) is 0 Å². The SMILES string of the molecule is CCC1CCC(Nc2nccc3ccccc23)CC1. The second-order valence-electron chi connectivity index (χ2n) is 5.65. The molecule has 1 aliphatic carbocycles. The summed E-state index contributed by atoms with van der Waals surface area (Å²) in [5, 5.41) is 6.16. The lowest BCUT2D eigenvalue weighted by Crippen LogP contribution is -2.26. The molecule has 100 valence electrons. The lowest BCUT2D eigenvalue weighted by molar-refractivity contribution is 0.330. The van der Waals surface area contributed by atoms with E-state index in [-0.39, 0.29) is 0 Å². The lowest BCUT2D eigenvalue weighted by Gasteiger charge is -2.29. The molecule has 0 saturated heterocycles. The molecular weight excluding hydrogens is 232 g/mol. The quantitative estimate of drug-likeness (QED) is 0.864. The van der Waals surface area contributed by atoms with Crippen molar-refractivity contribution in [1.29, 1.82) is 0 Å². The zero-order valence-corrected chi connectivity index (χ0v) is 11.6. The van der Waals surface area contributed by atoms with Gasteiger partial charge in [-0.15, -0.1) is 0 Å². The van der Waals surface area contributed by atoms with E-state index < -0.39 is 0 Å². The van der Waals surface area contributed by atoms with Gasteiger partial charge in [-0.2, -0.15) is 0 Å². The van der Waals surface area contributed by atoms with Crippen molar-refractivity contribution in [1.82, 2.24) is 4.98 Å². The standard InChI is InChI=1S/C17H22N2/c1-2-13-7-9-15(10-8-13)19-17-16-6-4-3-5-14(16)11-12-18-17/h3-6,11-13,15H,2,7-10H2,1H3,(H,18,19). The van der Waals surface area contributed by atoms with Crippen molar-refractivity contribution in [3.8, 4) is 0 Å². The minimum atomic E-state index is 0.598. The summed E-state index contributed by atoms with van der Waals surface area (Å²) < 4.78 is 0. The summed E-state index contributed by atoms with van der Waals surface area (Å²) in [6.07, 6.45) is 8.52. The molecule has 0 bridgehead atoms. The predicted molar refractivity (Wildman–Crippen MR) is 81.4 cm³/mol. The van der Waals surface area contributed by atoms with Crippen LogP contribution >= 0.6 is 0 Å². The van der Waals surface area contributed by atoms with Crippen LogP contribution in [0.25, 0.3) is 10.8 Å². The number of anilines is 1. The van der Waals surface area contributed by atoms with E-state index in [1.165, 1.54) is 42.9 Å². The maximum Gasteiger partial charge on any atom is 0.134 e. The summed E-state index contributed by atoms with van der Waals surface area (Å²) in [6, 6.07) is 11.1. The Balaban J connectivity index is 1.75. The minimum absolute atomic E-state index is 0.598. The Bertz CT molecular complexity index is 536. The average molecular weight is 254 g/mol. The number of nitrogens with one attached hydrogen (secondary N) is 1. The first-order chi connectivity index (χ1) is 9.36. The predicted octanol–water partition coefficient (Wildman–Crippen LogP) is 4.62. The third-order valence-electron chi connectivity index (χ3n) is 4.44. The molecule has 2 heteroatoms. The van der Waals surface area contributed by atoms with E-state index in [1.54, 1.807) is 0 Å². The first-order valence-electron chi connectivity index (χ1n) is 7.47. The minimum Gasteiger partial charge on any atom is -0.367 e. The Morgan fingerprint density at radius 3 is 2.68 bits per heavy atom. The molecule has 1 saturated carbocycles. The number of rotatable bonds is 3. The zero-order valence-electron chi connectivity index (χ0n) is 11.6. The molecule has 0 spiro atoms. The molecule has 3 rings (SSSR count). The second kappa shape index (κ2) is 5.60. The van der Waals surface area contributed by atoms with Gasteiger partial charge in [0.2, 0.25) is 0 Å². The molecule has 1 aromatic carbocycles. The molecule has 0 unspecified atom stereocenters. The van der Waals surface area contributed by atoms with Gasteiger partial charge in [0.1, 0.15) is 5.82 Å². The van der Waals surface area contributed by atoms with Crippen LogP contribution < -0.4 is 5.32 Å². The molecule has 2 aromatic rings. The zero-order chi connectivity index (χ0) is 13.1. The van der Waals surface area contributed by atoms with Crippen molar-refractivity contribution < 1.29 is 0 Å². The van der Waals surface area contributed by atoms with Crippen molar-refractivity contribution in [2.45, 2.75) is 45.1 Å². The van der Waals surface area contributed by atoms with Gasteiger partial charge >= 0.3 is 0 Å². The smallest absolute Gasteiger partial charge is 0.134 e. The summed E-state index contributed by atoms with van der Waals surface area (Å²) in [4.78, 5) is 4.53. The Kier molecular flexibility index (Phi) is 3.67. The van der Waals surface area contributed by atoms with Crippen LogP contribution in [0.3, 0.4) is 0 Å². The number of hydrogen-bond acceptors (Lipinski definition) is 2. The van der Waals surface area contributed by atoms with Gasteiger partial charge in [0.25, 0.3) is 0 Å². The molecular formula is C17H22N2. The van der Waals surface area contributed by atoms with Gasteiger partial charge in [-0.3, -0.25) is 0 Å². The Labute approximate surface area is 115 Å². The normalized spacial score (nSPS) is 23.4. The van der Waals surface area contributed by atoms with Crippen molar-refractivity contribution in [2.75, 3.05) is 5.32 Å². The summed E-state index contributed by atoms with van der Waals surface area (Å²) in [5.74, 6) is 2.00. The topological polar surface area (TPSA) is 24.9 Å². The Morgan fingerprint density at radius 2 is 1.89 bits per heavy atom. The van der Waals surface area contributed by atoms with Crippen LogP contribution in [-0.2, 0) is 0 Å². The molecule has 1 aliphatic rings. The van der Waals surface area contributed by atoms with Gasteiger partial charge in [-0.25, -0.2) is 4.98 Å². The highest BCUT2D eigenvalue weighted by atomic mass is 15.0. The number of hydrogen-bond donors (Lipinski definition) is 1. The highest BCUT2D eigenvalue weighted by molar-refractivity contribution is 5.91. The van der Waals surface area contributed by atoms with Crippen LogP contribution in [0.4, 0.5) is 5.82 Å². The van der Waals surface area contributed by atoms with E-state index in [9.17, 15) is 0 Å². The lowest BCUT2D eigenvalue weighted by atomic mass is 9.84. The number of nitrogens with zero attached hydrogens (tertiary/aromatic N) is 1. The van der Waals surface area contributed by atoms with Gasteiger partial charge in [0.05, 0.1) is 0 Å². The molecule has 0 amide bonds. The van der Waals surface area contributed by atoms with Crippen LogP contribution in [0.2, 0.25) is 0 Å². The van der Waals surface area contributed by atoms with Gasteiger partial charge in [-0.05, 0) is 43.1 Å². The van der Waals surface area contributed by atoms with Crippen LogP contribution in [0.15, 0.2) is 36.5 Å². The number of aromatic nitrogens is 1. The fraction of sp³-hybridized carbons (Fsp3) is 0.471. The monoisotopic (exact) mass is 254 g/mol. The molecule has 19 heavy (non-hydrogen) atoms. The van der Waals surface area contributed by atoms with E-state index >= 15 is 0 Å². The first-order valence-corrected chi connectivity index (χ1v) is 7.47. The molecule has 1 aromatic heterocycles. The van der Waals surface area contributed by atoms with Crippen molar-refractivity contribution in [2.24, 2.45) is 5.92 Å². The van der Waals surface area contributed by atoms with Crippen LogP contribution in [-0.4, -0.2) is 11.0 Å². The summed E-state index contributed by atoms with van der Waals surface area (Å²) in [6.45, 7) is 2.31. The second-order valence-corrected chi connectivity index (χ2v) is 5.65. The van der Waals surface area contributed by atoms with Crippen LogP contribution in [0.1, 0.15) is 39.0 Å². The van der Waals surface area contributed by atoms with E-state index in [0.29, 0.717) is 6.04 Å². The summed E-state index contributed by atoms with van der Waals surface area (Å²) in [7, 11) is 0. The largest absolute Gasteiger partial charge is 0.367 e. The number of benzene rings is 1. The fourth-order valence-electron chi connectivity index (χ4n) is 3.14. The molecule has 1 heterocycles. The molecule has 0 radical (unpaired) electrons. The number of fused-ring (bicyclic) bond motifs is 1. The Morgan fingerprint density at radius 1 is 1.11 bits per heavy atom. The fourth-order valence-corrected chi connectivity index (χ4v) is 3.14. The van der Waals surface area contributed by atoms with Crippen molar-refractivity contribution in [3.05, 3.63) is 36.5 Å². The third-order valence-corrected chi connectivity index (χ3v) is 4.44. The summed E-state index contributed by atoms with van der Waals surface area (Å²) in [5.41, 5.74) is 0. The molecule has 0 aliphatic heterocycles. The first kappa shape index (κ1) is 12.5. The molecule has 1 N–H and O–H groups in total.